The average molecular weight is 296 g/mol. The summed E-state index contributed by atoms with van der Waals surface area (Å²) in [7, 11) is 0. The minimum Gasteiger partial charge on any atom is -0.349 e. The van der Waals surface area contributed by atoms with Gasteiger partial charge in [-0.3, -0.25) is 9.59 Å². The molecule has 2 rings (SSSR count). The van der Waals surface area contributed by atoms with Gasteiger partial charge in [0.05, 0.1) is 12.5 Å². The van der Waals surface area contributed by atoms with Crippen LogP contribution in [0.25, 0.3) is 0 Å². The smallest absolute Gasteiger partial charge is 0.254 e. The summed E-state index contributed by atoms with van der Waals surface area (Å²) in [6.07, 6.45) is 0.250. The van der Waals surface area contributed by atoms with Gasteiger partial charge in [-0.1, -0.05) is 12.1 Å². The number of halogens is 2. The lowest BCUT2D eigenvalue weighted by Gasteiger charge is -2.21. The molecule has 1 aromatic rings. The molecule has 0 saturated heterocycles. The van der Waals surface area contributed by atoms with Crippen molar-refractivity contribution in [2.24, 2.45) is 0 Å². The second-order valence-corrected chi connectivity index (χ2v) is 5.50. The third kappa shape index (κ3) is 4.24. The quantitative estimate of drug-likeness (QED) is 0.897. The van der Waals surface area contributed by atoms with E-state index in [9.17, 15) is 18.4 Å². The van der Waals surface area contributed by atoms with E-state index in [2.05, 4.69) is 10.6 Å². The molecule has 1 atom stereocenters. The molecule has 2 amide bonds. The summed E-state index contributed by atoms with van der Waals surface area (Å²) >= 11 is 0. The molecule has 0 fully saturated rings. The zero-order valence-electron chi connectivity index (χ0n) is 12.0. The molecule has 2 N–H and O–H groups in total. The highest BCUT2D eigenvalue weighted by Crippen LogP contribution is 2.26. The third-order valence-corrected chi connectivity index (χ3v) is 3.37. The van der Waals surface area contributed by atoms with Crippen molar-refractivity contribution in [1.29, 1.82) is 0 Å². The Morgan fingerprint density at radius 3 is 2.81 bits per heavy atom. The number of benzene rings is 1. The van der Waals surface area contributed by atoms with E-state index in [0.29, 0.717) is 12.8 Å². The molecular formula is C15H18F2N2O2. The first-order chi connectivity index (χ1) is 9.74. The van der Waals surface area contributed by atoms with Crippen molar-refractivity contribution in [3.8, 4) is 0 Å². The van der Waals surface area contributed by atoms with Crippen LogP contribution < -0.4 is 10.6 Å². The fourth-order valence-corrected chi connectivity index (χ4v) is 2.33. The highest BCUT2D eigenvalue weighted by atomic mass is 19.3. The molecular weight excluding hydrogens is 278 g/mol. The van der Waals surface area contributed by atoms with E-state index < -0.39 is 18.3 Å². The van der Waals surface area contributed by atoms with Crippen LogP contribution in [0.5, 0.6) is 0 Å². The Balaban J connectivity index is 2.05. The minimum atomic E-state index is -3.01. The van der Waals surface area contributed by atoms with Gasteiger partial charge in [-0.25, -0.2) is 8.78 Å². The number of alkyl halides is 2. The van der Waals surface area contributed by atoms with Gasteiger partial charge >= 0.3 is 0 Å². The van der Waals surface area contributed by atoms with Gasteiger partial charge in [0.1, 0.15) is 0 Å². The highest BCUT2D eigenvalue weighted by Gasteiger charge is 2.26. The van der Waals surface area contributed by atoms with E-state index >= 15 is 0 Å². The SMILES string of the molecule is CC(NC(=O)CC(C)(F)F)c1ccc2c(c1)CCC(=O)N2. The van der Waals surface area contributed by atoms with Crippen molar-refractivity contribution in [3.05, 3.63) is 29.3 Å². The Labute approximate surface area is 121 Å². The molecule has 0 bridgehead atoms. The standard InChI is InChI=1S/C15H18F2N2O2/c1-9(18-14(21)8-15(2,16)17)10-3-5-12-11(7-10)4-6-13(20)19-12/h3,5,7,9H,4,6,8H2,1-2H3,(H,18,21)(H,19,20). The molecule has 1 heterocycles. The Kier molecular flexibility index (Phi) is 4.25. The number of nitrogens with one attached hydrogen (secondary N) is 2. The zero-order chi connectivity index (χ0) is 15.6. The molecule has 1 unspecified atom stereocenters. The predicted molar refractivity (Wildman–Crippen MR) is 75.2 cm³/mol. The highest BCUT2D eigenvalue weighted by molar-refractivity contribution is 5.93. The lowest BCUT2D eigenvalue weighted by molar-refractivity contribution is -0.128. The second-order valence-electron chi connectivity index (χ2n) is 5.50. The Morgan fingerprint density at radius 2 is 2.14 bits per heavy atom. The van der Waals surface area contributed by atoms with Crippen molar-refractivity contribution in [1.82, 2.24) is 5.32 Å². The normalized spacial score (nSPS) is 15.9. The number of hydrogen-bond acceptors (Lipinski definition) is 2. The number of amides is 2. The molecule has 6 heteroatoms. The number of carbonyl (C=O) groups excluding carboxylic acids is 2. The Bertz CT molecular complexity index is 567. The molecule has 0 radical (unpaired) electrons. The molecule has 1 aromatic carbocycles. The molecule has 0 saturated carbocycles. The van der Waals surface area contributed by atoms with Gasteiger partial charge in [0.25, 0.3) is 5.92 Å². The van der Waals surface area contributed by atoms with Gasteiger partial charge in [-0.05, 0) is 37.5 Å². The Morgan fingerprint density at radius 1 is 1.43 bits per heavy atom. The van der Waals surface area contributed by atoms with E-state index in [1.165, 1.54) is 0 Å². The fraction of sp³-hybridized carbons (Fsp3) is 0.467. The van der Waals surface area contributed by atoms with Gasteiger partial charge < -0.3 is 10.6 Å². The van der Waals surface area contributed by atoms with Crippen LogP contribution in [0.15, 0.2) is 18.2 Å². The van der Waals surface area contributed by atoms with E-state index in [1.807, 2.05) is 6.07 Å². The molecule has 21 heavy (non-hydrogen) atoms. The molecule has 114 valence electrons. The maximum Gasteiger partial charge on any atom is 0.254 e. The number of fused-ring (bicyclic) bond motifs is 1. The summed E-state index contributed by atoms with van der Waals surface area (Å²) in [6.45, 7) is 2.47. The topological polar surface area (TPSA) is 58.2 Å². The summed E-state index contributed by atoms with van der Waals surface area (Å²) < 4.78 is 25.6. The van der Waals surface area contributed by atoms with E-state index in [4.69, 9.17) is 0 Å². The molecule has 0 aliphatic carbocycles. The molecule has 0 spiro atoms. The first kappa shape index (κ1) is 15.4. The molecule has 1 aliphatic heterocycles. The third-order valence-electron chi connectivity index (χ3n) is 3.37. The maximum atomic E-state index is 12.8. The van der Waals surface area contributed by atoms with E-state index in [0.717, 1.165) is 23.7 Å². The lowest BCUT2D eigenvalue weighted by atomic mass is 9.97. The second kappa shape index (κ2) is 5.79. The van der Waals surface area contributed by atoms with Crippen LogP contribution in [0.4, 0.5) is 14.5 Å². The van der Waals surface area contributed by atoms with E-state index in [-0.39, 0.29) is 11.9 Å². The number of rotatable bonds is 4. The van der Waals surface area contributed by atoms with Crippen LogP contribution in [-0.2, 0) is 16.0 Å². The van der Waals surface area contributed by atoms with Crippen molar-refractivity contribution in [3.63, 3.8) is 0 Å². The predicted octanol–water partition coefficient (Wildman–Crippen LogP) is 2.79. The minimum absolute atomic E-state index is 0.0122. The molecule has 4 nitrogen and oxygen atoms in total. The van der Waals surface area contributed by atoms with Crippen LogP contribution in [0.1, 0.15) is 43.9 Å². The largest absolute Gasteiger partial charge is 0.349 e. The number of anilines is 1. The van der Waals surface area contributed by atoms with Crippen molar-refractivity contribution >= 4 is 17.5 Å². The van der Waals surface area contributed by atoms with E-state index in [1.54, 1.807) is 19.1 Å². The van der Waals surface area contributed by atoms with Gasteiger partial charge in [-0.2, -0.15) is 0 Å². The van der Waals surface area contributed by atoms with Crippen LogP contribution in [0.2, 0.25) is 0 Å². The van der Waals surface area contributed by atoms with Gasteiger partial charge in [0.15, 0.2) is 0 Å². The lowest BCUT2D eigenvalue weighted by Crippen LogP contribution is -2.31. The van der Waals surface area contributed by atoms with Crippen molar-refractivity contribution in [2.75, 3.05) is 5.32 Å². The Hall–Kier alpha value is -1.98. The molecule has 1 aliphatic rings. The maximum absolute atomic E-state index is 12.8. The number of hydrogen-bond donors (Lipinski definition) is 2. The van der Waals surface area contributed by atoms with Gasteiger partial charge in [0.2, 0.25) is 11.8 Å². The first-order valence-electron chi connectivity index (χ1n) is 6.84. The monoisotopic (exact) mass is 296 g/mol. The summed E-state index contributed by atoms with van der Waals surface area (Å²) in [4.78, 5) is 22.8. The number of aryl methyl sites for hydroxylation is 1. The van der Waals surface area contributed by atoms with Crippen LogP contribution in [0.3, 0.4) is 0 Å². The first-order valence-corrected chi connectivity index (χ1v) is 6.84. The average Bonchev–Trinajstić information content (AvgIpc) is 2.35. The fourth-order valence-electron chi connectivity index (χ4n) is 2.33. The van der Waals surface area contributed by atoms with Gasteiger partial charge in [-0.15, -0.1) is 0 Å². The summed E-state index contributed by atoms with van der Waals surface area (Å²) in [5.41, 5.74) is 2.60. The van der Waals surface area contributed by atoms with Crippen molar-refractivity contribution < 1.29 is 18.4 Å². The van der Waals surface area contributed by atoms with Crippen LogP contribution in [-0.4, -0.2) is 17.7 Å². The summed E-state index contributed by atoms with van der Waals surface area (Å²) in [5, 5.41) is 5.33. The summed E-state index contributed by atoms with van der Waals surface area (Å²) in [6, 6.07) is 5.09. The molecule has 0 aromatic heterocycles. The van der Waals surface area contributed by atoms with Gasteiger partial charge in [0, 0.05) is 12.1 Å². The number of carbonyl (C=O) groups is 2. The van der Waals surface area contributed by atoms with Crippen molar-refractivity contribution in [2.45, 2.75) is 45.1 Å². The summed E-state index contributed by atoms with van der Waals surface area (Å²) in [5.74, 6) is -3.70. The van der Waals surface area contributed by atoms with Crippen LogP contribution >= 0.6 is 0 Å². The zero-order valence-corrected chi connectivity index (χ0v) is 12.0. The van der Waals surface area contributed by atoms with Crippen LogP contribution in [0, 0.1) is 0 Å².